The summed E-state index contributed by atoms with van der Waals surface area (Å²) in [4.78, 5) is 22.7. The average Bonchev–Trinajstić information content (AvgIpc) is 3.59. The molecule has 0 atom stereocenters. The second-order valence-electron chi connectivity index (χ2n) is 9.55. The molecule has 37 heavy (non-hydrogen) atoms. The number of hydrogen-bond donors (Lipinski definition) is 1. The van der Waals surface area contributed by atoms with E-state index in [0.717, 1.165) is 47.4 Å². The molecule has 0 spiro atoms. The number of benzene rings is 1. The Hall–Kier alpha value is -3.28. The molecule has 2 aromatic heterocycles. The molecule has 0 bridgehead atoms. The molecular weight excluding hydrogens is 495 g/mol. The number of anilines is 1. The van der Waals surface area contributed by atoms with Crippen LogP contribution in [0.15, 0.2) is 42.9 Å². The van der Waals surface area contributed by atoms with Crippen LogP contribution >= 0.6 is 0 Å². The van der Waals surface area contributed by atoms with Crippen molar-refractivity contribution >= 4 is 22.8 Å². The molecule has 1 saturated heterocycles. The van der Waals surface area contributed by atoms with Gasteiger partial charge in [-0.15, -0.1) is 0 Å². The van der Waals surface area contributed by atoms with Gasteiger partial charge in [0.1, 0.15) is 17.8 Å². The molecule has 7 nitrogen and oxygen atoms in total. The maximum atomic E-state index is 12.7. The maximum absolute atomic E-state index is 12.7. The molecule has 2 aliphatic rings. The minimum atomic E-state index is -4.31. The number of likely N-dealkylation sites (tertiary alicyclic amines) is 1. The molecule has 5 rings (SSSR count). The van der Waals surface area contributed by atoms with Gasteiger partial charge >= 0.3 is 6.18 Å². The number of aryl methyl sites for hydroxylation is 1. The molecule has 2 N–H and O–H groups in total. The first-order chi connectivity index (χ1) is 17.4. The number of carbonyl (C=O) groups is 1. The summed E-state index contributed by atoms with van der Waals surface area (Å²) in [6, 6.07) is 7.72. The van der Waals surface area contributed by atoms with Crippen molar-refractivity contribution in [1.29, 1.82) is 0 Å². The van der Waals surface area contributed by atoms with E-state index in [1.807, 2.05) is 23.9 Å². The predicted octanol–water partition coefficient (Wildman–Crippen LogP) is 4.36. The van der Waals surface area contributed by atoms with Crippen molar-refractivity contribution in [3.8, 4) is 0 Å². The fourth-order valence-electron chi connectivity index (χ4n) is 4.45. The van der Waals surface area contributed by atoms with Crippen molar-refractivity contribution < 1.29 is 26.7 Å². The number of hydrogen-bond acceptors (Lipinski definition) is 5. The van der Waals surface area contributed by atoms with Crippen LogP contribution in [0.25, 0.3) is 11.0 Å². The Labute approximate surface area is 211 Å². The van der Waals surface area contributed by atoms with Crippen molar-refractivity contribution in [3.63, 3.8) is 0 Å². The summed E-state index contributed by atoms with van der Waals surface area (Å²) in [6.45, 7) is 0.674. The van der Waals surface area contributed by atoms with Gasteiger partial charge in [0.2, 0.25) is 5.91 Å². The number of fused-ring (bicyclic) bond motifs is 1. The van der Waals surface area contributed by atoms with E-state index in [4.69, 9.17) is 5.73 Å². The number of carbonyl (C=O) groups excluding carboxylic acids is 1. The van der Waals surface area contributed by atoms with Gasteiger partial charge in [-0.2, -0.15) is 13.2 Å². The van der Waals surface area contributed by atoms with Crippen molar-refractivity contribution in [2.45, 2.75) is 50.4 Å². The summed E-state index contributed by atoms with van der Waals surface area (Å²) in [5, 5.41) is 0.962. The minimum absolute atomic E-state index is 0.0599. The van der Waals surface area contributed by atoms with Crippen molar-refractivity contribution in [2.75, 3.05) is 24.5 Å². The molecule has 12 heteroatoms. The number of halogens is 5. The summed E-state index contributed by atoms with van der Waals surface area (Å²) in [5.41, 5.74) is 5.95. The first-order valence-corrected chi connectivity index (χ1v) is 12.0. The number of amides is 1. The number of rotatable bonds is 6. The van der Waals surface area contributed by atoms with Crippen molar-refractivity contribution in [2.24, 2.45) is 12.8 Å². The molecular formula is C25H29F5N6O. The third-order valence-corrected chi connectivity index (χ3v) is 6.39. The number of alkyl halides is 5. The maximum Gasteiger partial charge on any atom is 0.416 e. The standard InChI is InChI=1S/C18H17F3N4.C7H12F2N2O/c1-24-9-8-15-16(24)22-11-23-17(15)25(14-6-7-14)10-12-2-4-13(5-3-12)18(19,20)21;8-7(9)2-1-3-11(5-7)4-6(10)12/h2-5,8-9,11,14H,6-7,10H2,1H3;1-5H2,(H2,10,12). The first-order valence-electron chi connectivity index (χ1n) is 12.0. The molecule has 2 fully saturated rings. The minimum Gasteiger partial charge on any atom is -0.369 e. The Morgan fingerprint density at radius 1 is 1.16 bits per heavy atom. The lowest BCUT2D eigenvalue weighted by Crippen LogP contribution is -2.45. The van der Waals surface area contributed by atoms with Crippen molar-refractivity contribution in [1.82, 2.24) is 19.4 Å². The van der Waals surface area contributed by atoms with Crippen LogP contribution in [0.1, 0.15) is 36.8 Å². The molecule has 3 aromatic rings. The highest BCUT2D eigenvalue weighted by molar-refractivity contribution is 5.88. The molecule has 0 radical (unpaired) electrons. The molecule has 1 aliphatic heterocycles. The Kier molecular flexibility index (Phi) is 7.67. The van der Waals surface area contributed by atoms with Crippen LogP contribution in [-0.2, 0) is 24.6 Å². The van der Waals surface area contributed by atoms with Gasteiger partial charge in [0.05, 0.1) is 24.0 Å². The van der Waals surface area contributed by atoms with E-state index in [9.17, 15) is 26.7 Å². The third kappa shape index (κ3) is 6.94. The van der Waals surface area contributed by atoms with Gasteiger partial charge in [-0.25, -0.2) is 18.7 Å². The van der Waals surface area contributed by atoms with Crippen molar-refractivity contribution in [3.05, 3.63) is 54.0 Å². The lowest BCUT2D eigenvalue weighted by Gasteiger charge is -2.31. The van der Waals surface area contributed by atoms with E-state index in [1.165, 1.54) is 4.90 Å². The topological polar surface area (TPSA) is 80.3 Å². The van der Waals surface area contributed by atoms with Crippen LogP contribution in [-0.4, -0.2) is 56.9 Å². The van der Waals surface area contributed by atoms with Crippen LogP contribution in [0.2, 0.25) is 0 Å². The Balaban J connectivity index is 0.000000225. The van der Waals surface area contributed by atoms with Gasteiger partial charge in [-0.05, 0) is 49.6 Å². The van der Waals surface area contributed by atoms with Gasteiger partial charge in [0, 0.05) is 32.3 Å². The van der Waals surface area contributed by atoms with Crippen LogP contribution in [0.5, 0.6) is 0 Å². The predicted molar refractivity (Wildman–Crippen MR) is 129 cm³/mol. The smallest absolute Gasteiger partial charge is 0.369 e. The third-order valence-electron chi connectivity index (χ3n) is 6.39. The van der Waals surface area contributed by atoms with E-state index >= 15 is 0 Å². The van der Waals surface area contributed by atoms with E-state index in [0.29, 0.717) is 25.6 Å². The molecule has 1 aliphatic carbocycles. The molecule has 1 amide bonds. The summed E-state index contributed by atoms with van der Waals surface area (Å²) in [5.74, 6) is -2.35. The number of nitrogens with two attached hydrogens (primary N) is 1. The summed E-state index contributed by atoms with van der Waals surface area (Å²) in [6.07, 6.45) is 1.66. The quantitative estimate of drug-likeness (QED) is 0.485. The summed E-state index contributed by atoms with van der Waals surface area (Å²) < 4.78 is 65.6. The normalized spacial score (nSPS) is 17.8. The fraction of sp³-hybridized carbons (Fsp3) is 0.480. The van der Waals surface area contributed by atoms with Crippen LogP contribution in [0.3, 0.4) is 0 Å². The van der Waals surface area contributed by atoms with Gasteiger partial charge in [-0.3, -0.25) is 9.69 Å². The van der Waals surface area contributed by atoms with Crippen LogP contribution < -0.4 is 10.6 Å². The lowest BCUT2D eigenvalue weighted by atomic mass is 10.1. The Morgan fingerprint density at radius 3 is 2.46 bits per heavy atom. The van der Waals surface area contributed by atoms with E-state index in [2.05, 4.69) is 14.9 Å². The second kappa shape index (κ2) is 10.6. The highest BCUT2D eigenvalue weighted by Crippen LogP contribution is 2.36. The number of aromatic nitrogens is 3. The number of primary amides is 1. The highest BCUT2D eigenvalue weighted by atomic mass is 19.4. The SMILES string of the molecule is Cn1ccc2c(N(Cc3ccc(C(F)(F)F)cc3)C3CC3)ncnc21.NC(=O)CN1CCCC(F)(F)C1. The van der Waals surface area contributed by atoms with Gasteiger partial charge < -0.3 is 15.2 Å². The second-order valence-corrected chi connectivity index (χ2v) is 9.55. The first kappa shape index (κ1) is 26.8. The van der Waals surface area contributed by atoms with Crippen LogP contribution in [0, 0.1) is 0 Å². The fourth-order valence-corrected chi connectivity index (χ4v) is 4.45. The molecule has 200 valence electrons. The molecule has 0 unspecified atom stereocenters. The summed E-state index contributed by atoms with van der Waals surface area (Å²) >= 11 is 0. The highest BCUT2D eigenvalue weighted by Gasteiger charge is 2.35. The number of nitrogens with zero attached hydrogens (tertiary/aromatic N) is 5. The lowest BCUT2D eigenvalue weighted by molar-refractivity contribution is -0.137. The van der Waals surface area contributed by atoms with E-state index in [1.54, 1.807) is 18.5 Å². The van der Waals surface area contributed by atoms with E-state index < -0.39 is 23.6 Å². The van der Waals surface area contributed by atoms with Gasteiger partial charge in [-0.1, -0.05) is 12.1 Å². The Bertz CT molecular complexity index is 1220. The monoisotopic (exact) mass is 524 g/mol. The zero-order chi connectivity index (χ0) is 26.8. The number of piperidine rings is 1. The van der Waals surface area contributed by atoms with Gasteiger partial charge in [0.15, 0.2) is 0 Å². The summed E-state index contributed by atoms with van der Waals surface area (Å²) in [7, 11) is 1.93. The molecule has 1 aromatic carbocycles. The van der Waals surface area contributed by atoms with E-state index in [-0.39, 0.29) is 19.5 Å². The van der Waals surface area contributed by atoms with Gasteiger partial charge in [0.25, 0.3) is 5.92 Å². The zero-order valence-corrected chi connectivity index (χ0v) is 20.4. The zero-order valence-electron chi connectivity index (χ0n) is 20.4. The Morgan fingerprint density at radius 2 is 1.86 bits per heavy atom. The molecule has 3 heterocycles. The average molecular weight is 525 g/mol. The van der Waals surface area contributed by atoms with Crippen LogP contribution in [0.4, 0.5) is 27.8 Å². The largest absolute Gasteiger partial charge is 0.416 e. The molecule has 1 saturated carbocycles.